The van der Waals surface area contributed by atoms with E-state index in [0.717, 1.165) is 11.3 Å². The molecule has 0 bridgehead atoms. The van der Waals surface area contributed by atoms with E-state index in [1.165, 1.54) is 0 Å². The zero-order chi connectivity index (χ0) is 17.4. The van der Waals surface area contributed by atoms with Crippen LogP contribution in [0.3, 0.4) is 0 Å². The smallest absolute Gasteiger partial charge is 0.233 e. The van der Waals surface area contributed by atoms with Crippen molar-refractivity contribution in [3.8, 4) is 5.88 Å². The lowest BCUT2D eigenvalue weighted by molar-refractivity contribution is -0.145. The van der Waals surface area contributed by atoms with E-state index in [9.17, 15) is 9.18 Å². The predicted octanol–water partition coefficient (Wildman–Crippen LogP) is 2.94. The van der Waals surface area contributed by atoms with Gasteiger partial charge in [0.2, 0.25) is 11.8 Å². The van der Waals surface area contributed by atoms with Crippen LogP contribution < -0.4 is 4.74 Å². The van der Waals surface area contributed by atoms with Crippen LogP contribution in [0, 0.1) is 5.92 Å². The van der Waals surface area contributed by atoms with Crippen molar-refractivity contribution in [3.63, 3.8) is 0 Å². The molecule has 1 aliphatic carbocycles. The van der Waals surface area contributed by atoms with E-state index in [0.29, 0.717) is 45.0 Å². The number of hydrogen-bond donors (Lipinski definition) is 0. The molecule has 1 aliphatic heterocycles. The fraction of sp³-hybridized carbons (Fsp3) is 0.474. The number of carbonyl (C=O) groups is 1. The molecule has 4 rings (SSSR count). The highest BCUT2D eigenvalue weighted by Crippen LogP contribution is 2.42. The number of nitrogens with zero attached hydrogens (tertiary/aromatic N) is 3. The molecule has 5 nitrogen and oxygen atoms in total. The molecule has 25 heavy (non-hydrogen) atoms. The molecular weight excluding hydrogens is 321 g/mol. The van der Waals surface area contributed by atoms with Crippen LogP contribution in [0.5, 0.6) is 5.88 Å². The molecular formula is C19H22FN3O2. The summed E-state index contributed by atoms with van der Waals surface area (Å²) in [6.07, 6.45) is 0.681. The quantitative estimate of drug-likeness (QED) is 0.857. The summed E-state index contributed by atoms with van der Waals surface area (Å²) in [6, 6.07) is 11.8. The first-order valence-corrected chi connectivity index (χ1v) is 8.71. The minimum Gasteiger partial charge on any atom is -0.472 e. The summed E-state index contributed by atoms with van der Waals surface area (Å²) < 4.78 is 21.3. The van der Waals surface area contributed by atoms with Crippen molar-refractivity contribution in [2.24, 2.45) is 5.92 Å². The van der Waals surface area contributed by atoms with Crippen LogP contribution in [-0.2, 0) is 24.5 Å². The Labute approximate surface area is 146 Å². The molecule has 6 heteroatoms. The molecule has 2 aromatic rings. The molecule has 1 fully saturated rings. The number of carbonyl (C=O) groups excluding carboxylic acids is 1. The van der Waals surface area contributed by atoms with E-state index in [-0.39, 0.29) is 11.8 Å². The first kappa shape index (κ1) is 16.1. The first-order valence-electron chi connectivity index (χ1n) is 8.71. The Kier molecular flexibility index (Phi) is 3.98. The van der Waals surface area contributed by atoms with E-state index in [1.54, 1.807) is 6.92 Å². The molecule has 1 saturated carbocycles. The van der Waals surface area contributed by atoms with Crippen molar-refractivity contribution in [2.45, 2.75) is 45.1 Å². The van der Waals surface area contributed by atoms with Crippen molar-refractivity contribution in [1.29, 1.82) is 0 Å². The normalized spacial score (nSPS) is 25.2. The largest absolute Gasteiger partial charge is 0.472 e. The molecule has 0 atom stereocenters. The summed E-state index contributed by atoms with van der Waals surface area (Å²) in [7, 11) is 0. The van der Waals surface area contributed by atoms with Crippen LogP contribution >= 0.6 is 0 Å². The number of hydrogen-bond acceptors (Lipinski definition) is 3. The number of benzene rings is 1. The maximum atomic E-state index is 13.6. The Bertz CT molecular complexity index is 764. The molecule has 0 unspecified atom stereocenters. The predicted molar refractivity (Wildman–Crippen MR) is 90.7 cm³/mol. The fourth-order valence-corrected chi connectivity index (χ4v) is 3.63. The molecule has 0 saturated heterocycles. The molecule has 2 aliphatic rings. The number of fused-ring (bicyclic) bond motifs is 1. The Balaban J connectivity index is 1.37. The number of amides is 1. The molecule has 132 valence electrons. The molecule has 2 heterocycles. The van der Waals surface area contributed by atoms with Gasteiger partial charge in [-0.15, -0.1) is 5.10 Å². The highest BCUT2D eigenvalue weighted by Gasteiger charge is 2.46. The lowest BCUT2D eigenvalue weighted by atomic mass is 9.73. The SMILES string of the molecule is CC1(F)CC(C(=O)N2CCn3nc(OCc4ccccc4)cc3C2)C1. The van der Waals surface area contributed by atoms with Crippen LogP contribution in [0.25, 0.3) is 0 Å². The van der Waals surface area contributed by atoms with Gasteiger partial charge in [0.1, 0.15) is 12.3 Å². The van der Waals surface area contributed by atoms with Gasteiger partial charge in [0, 0.05) is 18.5 Å². The van der Waals surface area contributed by atoms with E-state index in [4.69, 9.17) is 4.74 Å². The average Bonchev–Trinajstić information content (AvgIpc) is 3.00. The Morgan fingerprint density at radius 3 is 2.80 bits per heavy atom. The second-order valence-electron chi connectivity index (χ2n) is 7.25. The fourth-order valence-electron chi connectivity index (χ4n) is 3.63. The van der Waals surface area contributed by atoms with Gasteiger partial charge in [-0.3, -0.25) is 9.48 Å². The number of ether oxygens (including phenoxy) is 1. The van der Waals surface area contributed by atoms with Crippen molar-refractivity contribution in [3.05, 3.63) is 47.7 Å². The third-order valence-electron chi connectivity index (χ3n) is 5.01. The molecule has 1 aromatic carbocycles. The maximum absolute atomic E-state index is 13.6. The topological polar surface area (TPSA) is 47.4 Å². The zero-order valence-electron chi connectivity index (χ0n) is 14.3. The van der Waals surface area contributed by atoms with Gasteiger partial charge >= 0.3 is 0 Å². The number of rotatable bonds is 4. The Morgan fingerprint density at radius 1 is 1.32 bits per heavy atom. The molecule has 1 aromatic heterocycles. The standard InChI is InChI=1S/C19H22FN3O2/c1-19(20)10-15(11-19)18(24)22-7-8-23-16(12-22)9-17(21-23)25-13-14-5-3-2-4-6-14/h2-6,9,15H,7-8,10-13H2,1H3. The third kappa shape index (κ3) is 3.38. The third-order valence-corrected chi connectivity index (χ3v) is 5.01. The zero-order valence-corrected chi connectivity index (χ0v) is 14.3. The van der Waals surface area contributed by atoms with Crippen molar-refractivity contribution < 1.29 is 13.9 Å². The van der Waals surface area contributed by atoms with Gasteiger partial charge < -0.3 is 9.64 Å². The molecule has 0 spiro atoms. The van der Waals surface area contributed by atoms with E-state index < -0.39 is 5.67 Å². The number of aromatic nitrogens is 2. The summed E-state index contributed by atoms with van der Waals surface area (Å²) in [5, 5.41) is 4.46. The van der Waals surface area contributed by atoms with E-state index in [2.05, 4.69) is 5.10 Å². The first-order chi connectivity index (χ1) is 12.0. The average molecular weight is 343 g/mol. The van der Waals surface area contributed by atoms with Crippen molar-refractivity contribution in [1.82, 2.24) is 14.7 Å². The summed E-state index contributed by atoms with van der Waals surface area (Å²) >= 11 is 0. The number of halogens is 1. The van der Waals surface area contributed by atoms with Crippen molar-refractivity contribution in [2.75, 3.05) is 6.54 Å². The minimum atomic E-state index is -1.17. The van der Waals surface area contributed by atoms with Crippen LogP contribution in [0.1, 0.15) is 31.0 Å². The summed E-state index contributed by atoms with van der Waals surface area (Å²) in [5.41, 5.74) is 0.880. The lowest BCUT2D eigenvalue weighted by Gasteiger charge is -2.41. The maximum Gasteiger partial charge on any atom is 0.233 e. The number of alkyl halides is 1. The molecule has 1 amide bonds. The highest BCUT2D eigenvalue weighted by molar-refractivity contribution is 5.80. The second-order valence-corrected chi connectivity index (χ2v) is 7.25. The Hall–Kier alpha value is -2.37. The van der Waals surface area contributed by atoms with Crippen LogP contribution in [0.15, 0.2) is 36.4 Å². The van der Waals surface area contributed by atoms with E-state index >= 15 is 0 Å². The van der Waals surface area contributed by atoms with Crippen LogP contribution in [0.4, 0.5) is 4.39 Å². The highest BCUT2D eigenvalue weighted by atomic mass is 19.1. The van der Waals surface area contributed by atoms with Gasteiger partial charge in [0.05, 0.1) is 18.8 Å². The van der Waals surface area contributed by atoms with Gasteiger partial charge in [-0.05, 0) is 25.3 Å². The summed E-state index contributed by atoms with van der Waals surface area (Å²) in [5.74, 6) is 0.473. The van der Waals surface area contributed by atoms with E-state index in [1.807, 2.05) is 46.0 Å². The summed E-state index contributed by atoms with van der Waals surface area (Å²) in [6.45, 7) is 3.82. The van der Waals surface area contributed by atoms with Gasteiger partial charge in [0.25, 0.3) is 0 Å². The van der Waals surface area contributed by atoms with Crippen LogP contribution in [-0.4, -0.2) is 32.8 Å². The van der Waals surface area contributed by atoms with Gasteiger partial charge in [-0.25, -0.2) is 4.39 Å². The summed E-state index contributed by atoms with van der Waals surface area (Å²) in [4.78, 5) is 14.3. The van der Waals surface area contributed by atoms with Crippen LogP contribution in [0.2, 0.25) is 0 Å². The minimum absolute atomic E-state index is 0.0642. The second kappa shape index (κ2) is 6.17. The molecule has 0 N–H and O–H groups in total. The lowest BCUT2D eigenvalue weighted by Crippen LogP contribution is -2.49. The van der Waals surface area contributed by atoms with Gasteiger partial charge in [0.15, 0.2) is 0 Å². The van der Waals surface area contributed by atoms with Crippen molar-refractivity contribution >= 4 is 5.91 Å². The van der Waals surface area contributed by atoms with Gasteiger partial charge in [-0.2, -0.15) is 0 Å². The molecule has 0 radical (unpaired) electrons. The Morgan fingerprint density at radius 2 is 2.08 bits per heavy atom. The monoisotopic (exact) mass is 343 g/mol. The van der Waals surface area contributed by atoms with Gasteiger partial charge in [-0.1, -0.05) is 30.3 Å².